The van der Waals surface area contributed by atoms with Gasteiger partial charge in [-0.25, -0.2) is 0 Å². The van der Waals surface area contributed by atoms with Gasteiger partial charge in [0.15, 0.2) is 0 Å². The molecule has 0 aliphatic heterocycles. The first-order chi connectivity index (χ1) is 8.52. The molecule has 18 heavy (non-hydrogen) atoms. The van der Waals surface area contributed by atoms with Gasteiger partial charge in [-0.1, -0.05) is 41.4 Å². The number of nitrogens with one attached hydrogen (secondary N) is 1. The third-order valence-electron chi connectivity index (χ3n) is 2.55. The summed E-state index contributed by atoms with van der Waals surface area (Å²) in [4.78, 5) is 0. The van der Waals surface area contributed by atoms with Gasteiger partial charge in [-0.15, -0.1) is 0 Å². The van der Waals surface area contributed by atoms with Gasteiger partial charge in [0.25, 0.3) is 0 Å². The first-order valence-electron chi connectivity index (χ1n) is 6.24. The fraction of sp³-hybridized carbons (Fsp3) is 0.467. The summed E-state index contributed by atoms with van der Waals surface area (Å²) in [6.45, 7) is 8.51. The molecule has 0 aliphatic carbocycles. The second-order valence-electron chi connectivity index (χ2n) is 4.90. The van der Waals surface area contributed by atoms with Crippen molar-refractivity contribution in [1.82, 2.24) is 5.32 Å². The van der Waals surface area contributed by atoms with Crippen molar-refractivity contribution in [2.45, 2.75) is 20.8 Å². The Morgan fingerprint density at radius 1 is 1.44 bits per heavy atom. The zero-order valence-electron chi connectivity index (χ0n) is 11.6. The number of hydrogen-bond acceptors (Lipinski definition) is 2. The van der Waals surface area contributed by atoms with Crippen molar-refractivity contribution in [3.05, 3.63) is 33.8 Å². The molecule has 0 saturated carbocycles. The van der Waals surface area contributed by atoms with E-state index in [0.717, 1.165) is 28.9 Å². The molecule has 0 atom stereocenters. The van der Waals surface area contributed by atoms with Gasteiger partial charge in [0.2, 0.25) is 0 Å². The van der Waals surface area contributed by atoms with Crippen LogP contribution in [0.2, 0.25) is 0 Å². The van der Waals surface area contributed by atoms with Crippen molar-refractivity contribution >= 4 is 22.0 Å². The van der Waals surface area contributed by atoms with Crippen LogP contribution in [0.25, 0.3) is 6.08 Å². The Morgan fingerprint density at radius 2 is 2.17 bits per heavy atom. The summed E-state index contributed by atoms with van der Waals surface area (Å²) in [6.07, 6.45) is 2.16. The molecule has 2 nitrogen and oxygen atoms in total. The van der Waals surface area contributed by atoms with Crippen molar-refractivity contribution in [3.63, 3.8) is 0 Å². The summed E-state index contributed by atoms with van der Waals surface area (Å²) in [5, 5.41) is 3.44. The zero-order chi connectivity index (χ0) is 13.5. The van der Waals surface area contributed by atoms with Crippen molar-refractivity contribution in [2.24, 2.45) is 5.92 Å². The highest BCUT2D eigenvalue weighted by Crippen LogP contribution is 2.25. The quantitative estimate of drug-likeness (QED) is 0.853. The Hall–Kier alpha value is -0.800. The highest BCUT2D eigenvalue weighted by atomic mass is 79.9. The molecule has 1 rings (SSSR count). The summed E-state index contributed by atoms with van der Waals surface area (Å²) in [5.74, 6) is 1.58. The standard InChI is InChI=1S/C15H22BrNO/c1-11(2)9-17-10-12(3)7-13-8-14(16)5-6-15(13)18-4/h5-8,11,17H,9-10H2,1-4H3. The third kappa shape index (κ3) is 5.23. The fourth-order valence-corrected chi connectivity index (χ4v) is 2.07. The molecule has 1 N–H and O–H groups in total. The van der Waals surface area contributed by atoms with Crippen LogP contribution in [0, 0.1) is 5.92 Å². The van der Waals surface area contributed by atoms with Crippen LogP contribution < -0.4 is 10.1 Å². The summed E-state index contributed by atoms with van der Waals surface area (Å²) in [7, 11) is 1.70. The Labute approximate surface area is 119 Å². The molecule has 0 aliphatic rings. The van der Waals surface area contributed by atoms with E-state index in [0.29, 0.717) is 5.92 Å². The summed E-state index contributed by atoms with van der Waals surface area (Å²) < 4.78 is 6.43. The van der Waals surface area contributed by atoms with Crippen molar-refractivity contribution in [3.8, 4) is 5.75 Å². The van der Waals surface area contributed by atoms with Gasteiger partial charge in [0.05, 0.1) is 7.11 Å². The molecule has 0 heterocycles. The Kier molecular flexibility index (Phi) is 6.44. The molecule has 0 amide bonds. The van der Waals surface area contributed by atoms with E-state index in [1.807, 2.05) is 12.1 Å². The molecule has 0 saturated heterocycles. The van der Waals surface area contributed by atoms with Crippen LogP contribution >= 0.6 is 15.9 Å². The lowest BCUT2D eigenvalue weighted by atomic mass is 10.1. The highest BCUT2D eigenvalue weighted by molar-refractivity contribution is 9.10. The van der Waals surface area contributed by atoms with E-state index in [1.54, 1.807) is 7.11 Å². The molecule has 0 fully saturated rings. The lowest BCUT2D eigenvalue weighted by Gasteiger charge is -2.09. The highest BCUT2D eigenvalue weighted by Gasteiger charge is 2.02. The van der Waals surface area contributed by atoms with Gasteiger partial charge in [0, 0.05) is 16.6 Å². The molecule has 3 heteroatoms. The SMILES string of the molecule is COc1ccc(Br)cc1C=C(C)CNCC(C)C. The number of ether oxygens (including phenoxy) is 1. The van der Waals surface area contributed by atoms with Gasteiger partial charge in [-0.2, -0.15) is 0 Å². The van der Waals surface area contributed by atoms with Crippen LogP contribution in [-0.2, 0) is 0 Å². The Bertz CT molecular complexity index is 413. The number of methoxy groups -OCH3 is 1. The van der Waals surface area contributed by atoms with E-state index in [-0.39, 0.29) is 0 Å². The average molecular weight is 312 g/mol. The minimum Gasteiger partial charge on any atom is -0.496 e. The van der Waals surface area contributed by atoms with Crippen LogP contribution in [0.15, 0.2) is 28.2 Å². The number of halogens is 1. The van der Waals surface area contributed by atoms with Gasteiger partial charge in [-0.05, 0) is 37.6 Å². The molecular weight excluding hydrogens is 290 g/mol. The third-order valence-corrected chi connectivity index (χ3v) is 3.04. The van der Waals surface area contributed by atoms with E-state index in [9.17, 15) is 0 Å². The van der Waals surface area contributed by atoms with Gasteiger partial charge in [0.1, 0.15) is 5.75 Å². The van der Waals surface area contributed by atoms with Crippen LogP contribution in [0.3, 0.4) is 0 Å². The fourth-order valence-electron chi connectivity index (χ4n) is 1.69. The predicted molar refractivity (Wildman–Crippen MR) is 82.1 cm³/mol. The van der Waals surface area contributed by atoms with Gasteiger partial charge >= 0.3 is 0 Å². The van der Waals surface area contributed by atoms with E-state index in [4.69, 9.17) is 4.74 Å². The molecular formula is C15H22BrNO. The summed E-state index contributed by atoms with van der Waals surface area (Å²) >= 11 is 3.49. The lowest BCUT2D eigenvalue weighted by molar-refractivity contribution is 0.413. The normalized spacial score (nSPS) is 12.0. The molecule has 0 spiro atoms. The molecule has 0 radical (unpaired) electrons. The first kappa shape index (κ1) is 15.3. The minimum atomic E-state index is 0.679. The summed E-state index contributed by atoms with van der Waals surface area (Å²) in [5.41, 5.74) is 2.41. The van der Waals surface area contributed by atoms with Gasteiger partial charge in [-0.3, -0.25) is 0 Å². The number of benzene rings is 1. The van der Waals surface area contributed by atoms with Crippen LogP contribution in [0.4, 0.5) is 0 Å². The van der Waals surface area contributed by atoms with E-state index in [1.165, 1.54) is 5.57 Å². The maximum atomic E-state index is 5.36. The smallest absolute Gasteiger partial charge is 0.126 e. The first-order valence-corrected chi connectivity index (χ1v) is 7.03. The largest absolute Gasteiger partial charge is 0.496 e. The van der Waals surface area contributed by atoms with E-state index < -0.39 is 0 Å². The van der Waals surface area contributed by atoms with Gasteiger partial charge < -0.3 is 10.1 Å². The van der Waals surface area contributed by atoms with Crippen molar-refractivity contribution < 1.29 is 4.74 Å². The molecule has 0 unspecified atom stereocenters. The average Bonchev–Trinajstić information content (AvgIpc) is 2.28. The predicted octanol–water partition coefficient (Wildman–Crippen LogP) is 4.11. The number of rotatable bonds is 6. The minimum absolute atomic E-state index is 0.679. The maximum absolute atomic E-state index is 5.36. The molecule has 0 aromatic heterocycles. The van der Waals surface area contributed by atoms with Crippen LogP contribution in [0.5, 0.6) is 5.75 Å². The second-order valence-corrected chi connectivity index (χ2v) is 5.82. The maximum Gasteiger partial charge on any atom is 0.126 e. The lowest BCUT2D eigenvalue weighted by Crippen LogP contribution is -2.21. The zero-order valence-corrected chi connectivity index (χ0v) is 13.2. The Balaban J connectivity index is 2.71. The topological polar surface area (TPSA) is 21.3 Å². The molecule has 100 valence electrons. The Morgan fingerprint density at radius 3 is 2.78 bits per heavy atom. The van der Waals surface area contributed by atoms with Crippen LogP contribution in [0.1, 0.15) is 26.3 Å². The molecule has 1 aromatic carbocycles. The van der Waals surface area contributed by atoms with E-state index >= 15 is 0 Å². The molecule has 0 bridgehead atoms. The second kappa shape index (κ2) is 7.59. The summed E-state index contributed by atoms with van der Waals surface area (Å²) in [6, 6.07) is 6.04. The number of hydrogen-bond donors (Lipinski definition) is 1. The van der Waals surface area contributed by atoms with E-state index in [2.05, 4.69) is 54.2 Å². The monoisotopic (exact) mass is 311 g/mol. The molecule has 1 aromatic rings. The van der Waals surface area contributed by atoms with Crippen molar-refractivity contribution in [1.29, 1.82) is 0 Å². The van der Waals surface area contributed by atoms with Crippen LogP contribution in [-0.4, -0.2) is 20.2 Å². The van der Waals surface area contributed by atoms with Crippen molar-refractivity contribution in [2.75, 3.05) is 20.2 Å².